The minimum Gasteiger partial charge on any atom is -0.508 e. The summed E-state index contributed by atoms with van der Waals surface area (Å²) < 4.78 is 39.6. The van der Waals surface area contributed by atoms with Crippen LogP contribution in [0.15, 0.2) is 65.4 Å². The van der Waals surface area contributed by atoms with Crippen molar-refractivity contribution in [1.29, 1.82) is 0 Å². The molecule has 0 aromatic heterocycles. The molecule has 2 rings (SSSR count). The highest BCUT2D eigenvalue weighted by Crippen LogP contribution is 2.37. The average Bonchev–Trinajstić information content (AvgIpc) is 2.82. The van der Waals surface area contributed by atoms with Gasteiger partial charge in [-0.1, -0.05) is 69.3 Å². The molecule has 0 fully saturated rings. The van der Waals surface area contributed by atoms with Gasteiger partial charge in [0.25, 0.3) is 0 Å². The molecule has 4 nitrogen and oxygen atoms in total. The summed E-state index contributed by atoms with van der Waals surface area (Å²) in [4.78, 5) is 17.0. The number of alkyl halides is 3. The lowest BCUT2D eigenvalue weighted by molar-refractivity contribution is -0.211. The number of aliphatic hydroxyl groups is 1. The molecule has 1 amide bonds. The molecule has 0 aliphatic rings. The number of benzene rings is 2. The first-order chi connectivity index (χ1) is 17.1. The van der Waals surface area contributed by atoms with E-state index in [2.05, 4.69) is 25.7 Å². The molecule has 0 heterocycles. The van der Waals surface area contributed by atoms with Crippen molar-refractivity contribution in [1.82, 2.24) is 5.32 Å². The fourth-order valence-corrected chi connectivity index (χ4v) is 3.81. The predicted octanol–water partition coefficient (Wildman–Crippen LogP) is 8.37. The molecule has 0 aliphatic carbocycles. The van der Waals surface area contributed by atoms with E-state index in [-0.39, 0.29) is 12.3 Å². The normalized spacial score (nSPS) is 13.4. The number of nitrogens with one attached hydrogen (secondary N) is 1. The second-order valence-electron chi connectivity index (χ2n) is 9.72. The minimum atomic E-state index is -4.67. The van der Waals surface area contributed by atoms with E-state index in [4.69, 9.17) is 16.6 Å². The summed E-state index contributed by atoms with van der Waals surface area (Å²) >= 11 is 6.45. The Morgan fingerprint density at radius 3 is 2.22 bits per heavy atom. The summed E-state index contributed by atoms with van der Waals surface area (Å²) in [7, 11) is 0. The molecule has 200 valence electrons. The Balaban J connectivity index is 2.46. The summed E-state index contributed by atoms with van der Waals surface area (Å²) in [6, 6.07) is 12.8. The number of aliphatic hydroxyl groups excluding tert-OH is 1. The highest BCUT2D eigenvalue weighted by molar-refractivity contribution is 6.34. The van der Waals surface area contributed by atoms with Gasteiger partial charge in [-0.25, -0.2) is 0 Å². The highest BCUT2D eigenvalue weighted by atomic mass is 35.5. The Bertz CT molecular complexity index is 1210. The van der Waals surface area contributed by atoms with E-state index < -0.39 is 17.5 Å². The second-order valence-corrected chi connectivity index (χ2v) is 10.1. The van der Waals surface area contributed by atoms with Crippen molar-refractivity contribution in [3.8, 4) is 0 Å². The maximum atomic E-state index is 13.2. The third kappa shape index (κ3) is 7.25. The topological polar surface area (TPSA) is 61.7 Å². The number of carbonyl (C=O) groups is 1. The van der Waals surface area contributed by atoms with E-state index in [0.29, 0.717) is 45.5 Å². The molecule has 2 aromatic rings. The van der Waals surface area contributed by atoms with Crippen LogP contribution in [0.25, 0.3) is 5.70 Å². The summed E-state index contributed by atoms with van der Waals surface area (Å²) in [5.41, 5.74) is 2.21. The van der Waals surface area contributed by atoms with Crippen molar-refractivity contribution >= 4 is 28.9 Å². The van der Waals surface area contributed by atoms with Gasteiger partial charge in [0.05, 0.1) is 5.70 Å². The van der Waals surface area contributed by atoms with Crippen LogP contribution in [0.3, 0.4) is 0 Å². The first-order valence-electron chi connectivity index (χ1n) is 12.0. The van der Waals surface area contributed by atoms with Crippen LogP contribution in [0.5, 0.6) is 0 Å². The van der Waals surface area contributed by atoms with Crippen molar-refractivity contribution in [3.05, 3.63) is 87.7 Å². The van der Waals surface area contributed by atoms with Crippen LogP contribution in [-0.4, -0.2) is 22.9 Å². The molecule has 0 spiro atoms. The van der Waals surface area contributed by atoms with Crippen LogP contribution in [0.4, 0.5) is 13.2 Å². The number of hydrogen-bond acceptors (Lipinski definition) is 3. The van der Waals surface area contributed by atoms with E-state index in [1.165, 1.54) is 0 Å². The van der Waals surface area contributed by atoms with Gasteiger partial charge in [0.1, 0.15) is 11.2 Å². The van der Waals surface area contributed by atoms with Gasteiger partial charge in [0.2, 0.25) is 5.91 Å². The van der Waals surface area contributed by atoms with Gasteiger partial charge >= 0.3 is 6.18 Å². The van der Waals surface area contributed by atoms with Crippen LogP contribution in [0.1, 0.15) is 76.1 Å². The molecule has 8 heteroatoms. The lowest BCUT2D eigenvalue weighted by atomic mass is 9.91. The fraction of sp³-hybridized carbons (Fsp3) is 0.379. The van der Waals surface area contributed by atoms with Crippen LogP contribution >= 0.6 is 11.6 Å². The predicted molar refractivity (Wildman–Crippen MR) is 145 cm³/mol. The van der Waals surface area contributed by atoms with Crippen LogP contribution in [0.2, 0.25) is 5.02 Å². The van der Waals surface area contributed by atoms with Crippen molar-refractivity contribution in [2.75, 3.05) is 0 Å². The molecule has 0 unspecified atom stereocenters. The van der Waals surface area contributed by atoms with E-state index in [1.807, 2.05) is 31.2 Å². The summed E-state index contributed by atoms with van der Waals surface area (Å²) in [6.07, 6.45) is -4.18. The van der Waals surface area contributed by atoms with Gasteiger partial charge in [0.15, 0.2) is 0 Å². The van der Waals surface area contributed by atoms with Gasteiger partial charge in [-0.15, -0.1) is 0 Å². The molecule has 37 heavy (non-hydrogen) atoms. The zero-order valence-corrected chi connectivity index (χ0v) is 22.8. The Hall–Kier alpha value is -3.06. The van der Waals surface area contributed by atoms with Crippen molar-refractivity contribution in [2.45, 2.75) is 66.6 Å². The second kappa shape index (κ2) is 12.0. The third-order valence-corrected chi connectivity index (χ3v) is 6.60. The van der Waals surface area contributed by atoms with Crippen molar-refractivity contribution < 1.29 is 23.1 Å². The number of amides is 1. The van der Waals surface area contributed by atoms with Gasteiger partial charge in [-0.3, -0.25) is 9.79 Å². The van der Waals surface area contributed by atoms with Crippen LogP contribution in [0, 0.1) is 5.41 Å². The lowest BCUT2D eigenvalue weighted by Crippen LogP contribution is -2.46. The van der Waals surface area contributed by atoms with Gasteiger partial charge in [-0.2, -0.15) is 13.2 Å². The summed E-state index contributed by atoms with van der Waals surface area (Å²) in [5.74, 6) is -0.850. The fourth-order valence-electron chi connectivity index (χ4n) is 3.56. The molecule has 2 N–H and O–H groups in total. The molecule has 0 atom stereocenters. The molecular formula is C29H34ClF3N2O2. The van der Waals surface area contributed by atoms with Crippen molar-refractivity contribution in [2.24, 2.45) is 10.4 Å². The lowest BCUT2D eigenvalue weighted by Gasteiger charge is -2.26. The smallest absolute Gasteiger partial charge is 0.402 e. The quantitative estimate of drug-likeness (QED) is 0.193. The molecule has 2 aromatic carbocycles. The Labute approximate surface area is 222 Å². The number of nitrogens with zero attached hydrogens (tertiary/aromatic N) is 1. The Kier molecular flexibility index (Phi) is 9.78. The number of hydrogen-bond donors (Lipinski definition) is 2. The molecule has 0 saturated carbocycles. The largest absolute Gasteiger partial charge is 0.508 e. The van der Waals surface area contributed by atoms with E-state index in [9.17, 15) is 23.1 Å². The molecule has 0 saturated heterocycles. The SMILES string of the molecule is C=C(O)/C(CC)=C(\N=C(/C)c1cc(CNC(=O)C(C)(C)C(F)(F)F)ccc1Cl)c1ccc(C(C)C)cc1. The minimum absolute atomic E-state index is 0.0863. The number of allylic oxidation sites excluding steroid dienone is 1. The van der Waals surface area contributed by atoms with Gasteiger partial charge in [-0.05, 0) is 56.4 Å². The molecule has 0 bridgehead atoms. The highest BCUT2D eigenvalue weighted by Gasteiger charge is 2.52. The standard InChI is InChI=1S/C29H34ClF3N2O2/c1-8-23(19(5)36)26(22-12-10-21(11-13-22)17(2)3)35-18(4)24-15-20(9-14-25(24)30)16-34-27(37)28(6,7)29(31,32)33/h9-15,17,36H,5,8,16H2,1-4,6-7H3,(H,34,37)/b26-23-,35-18+. The monoisotopic (exact) mass is 534 g/mol. The van der Waals surface area contributed by atoms with Crippen LogP contribution in [-0.2, 0) is 11.3 Å². The first-order valence-corrected chi connectivity index (χ1v) is 12.4. The van der Waals surface area contributed by atoms with E-state index in [0.717, 1.165) is 25.0 Å². The summed E-state index contributed by atoms with van der Waals surface area (Å²) in [5, 5.41) is 13.0. The molecular weight excluding hydrogens is 501 g/mol. The van der Waals surface area contributed by atoms with Gasteiger partial charge < -0.3 is 10.4 Å². The van der Waals surface area contributed by atoms with Crippen LogP contribution < -0.4 is 5.32 Å². The number of carbonyl (C=O) groups excluding carboxylic acids is 1. The number of aliphatic imine (C=N–C) groups is 1. The zero-order valence-electron chi connectivity index (χ0n) is 22.1. The number of halogens is 4. The molecule has 0 radical (unpaired) electrons. The Morgan fingerprint density at radius 2 is 1.73 bits per heavy atom. The molecule has 0 aliphatic heterocycles. The number of rotatable bonds is 9. The van der Waals surface area contributed by atoms with Crippen molar-refractivity contribution in [3.63, 3.8) is 0 Å². The first kappa shape index (κ1) is 30.2. The maximum absolute atomic E-state index is 13.2. The zero-order chi connectivity index (χ0) is 28.1. The third-order valence-electron chi connectivity index (χ3n) is 6.27. The Morgan fingerprint density at radius 1 is 1.14 bits per heavy atom. The average molecular weight is 535 g/mol. The van der Waals surface area contributed by atoms with E-state index >= 15 is 0 Å². The maximum Gasteiger partial charge on any atom is 0.402 e. The summed E-state index contributed by atoms with van der Waals surface area (Å²) in [6.45, 7) is 13.1. The van der Waals surface area contributed by atoms with E-state index in [1.54, 1.807) is 25.1 Å². The van der Waals surface area contributed by atoms with Gasteiger partial charge in [0, 0.05) is 34.0 Å².